The number of benzene rings is 1. The number of carboxylic acid groups (broad SMARTS) is 1. The van der Waals surface area contributed by atoms with E-state index in [4.69, 9.17) is 11.6 Å². The molecule has 0 spiro atoms. The molecule has 2 heterocycles. The van der Waals surface area contributed by atoms with Crippen LogP contribution < -0.4 is 0 Å². The number of carboxylic acids is 1. The smallest absolute Gasteiger partial charge is 0.312 e. The van der Waals surface area contributed by atoms with Crippen molar-refractivity contribution in [1.82, 2.24) is 9.21 Å². The van der Waals surface area contributed by atoms with Gasteiger partial charge in [0, 0.05) is 32.1 Å². The van der Waals surface area contributed by atoms with E-state index in [1.54, 1.807) is 0 Å². The van der Waals surface area contributed by atoms with Crippen LogP contribution in [0, 0.1) is 24.1 Å². The van der Waals surface area contributed by atoms with Crippen molar-refractivity contribution in [3.63, 3.8) is 0 Å². The lowest BCUT2D eigenvalue weighted by atomic mass is 9.81. The lowest BCUT2D eigenvalue weighted by molar-refractivity contribution is -0.148. The van der Waals surface area contributed by atoms with E-state index in [9.17, 15) is 22.7 Å². The molecule has 2 aliphatic heterocycles. The zero-order chi connectivity index (χ0) is 17.9. The first-order valence-corrected chi connectivity index (χ1v) is 9.27. The highest BCUT2D eigenvalue weighted by Gasteiger charge is 2.59. The summed E-state index contributed by atoms with van der Waals surface area (Å²) in [6.45, 7) is 2.29. The number of hydrogen-bond donors (Lipinski definition) is 1. The summed E-state index contributed by atoms with van der Waals surface area (Å²) in [5.74, 6) is -1.85. The Kier molecular flexibility index (Phi) is 4.15. The number of likely N-dealkylation sites (tertiary alicyclic amines) is 1. The molecular weight excluding hydrogens is 359 g/mol. The molecule has 9 heteroatoms. The molecule has 0 aromatic heterocycles. The van der Waals surface area contributed by atoms with Crippen LogP contribution in [0.1, 0.15) is 5.56 Å². The molecule has 6 nitrogen and oxygen atoms in total. The molecule has 0 aliphatic carbocycles. The van der Waals surface area contributed by atoms with E-state index in [-0.39, 0.29) is 34.5 Å². The minimum atomic E-state index is -3.99. The zero-order valence-corrected chi connectivity index (χ0v) is 14.9. The fourth-order valence-electron chi connectivity index (χ4n) is 3.72. The van der Waals surface area contributed by atoms with Crippen molar-refractivity contribution in [2.45, 2.75) is 11.8 Å². The van der Waals surface area contributed by atoms with Crippen molar-refractivity contribution >= 4 is 27.6 Å². The minimum absolute atomic E-state index is 0.105. The van der Waals surface area contributed by atoms with Gasteiger partial charge in [-0.2, -0.15) is 4.31 Å². The number of carbonyl (C=O) groups is 1. The molecule has 3 rings (SSSR count). The quantitative estimate of drug-likeness (QED) is 0.863. The maximum absolute atomic E-state index is 13.5. The second kappa shape index (κ2) is 5.66. The highest BCUT2D eigenvalue weighted by molar-refractivity contribution is 7.89. The molecule has 2 saturated heterocycles. The predicted molar refractivity (Wildman–Crippen MR) is 86.0 cm³/mol. The van der Waals surface area contributed by atoms with Gasteiger partial charge in [0.05, 0.1) is 10.4 Å². The number of sulfonamides is 1. The van der Waals surface area contributed by atoms with Crippen molar-refractivity contribution in [3.8, 4) is 0 Å². The number of fused-ring (bicyclic) bond motifs is 1. The summed E-state index contributed by atoms with van der Waals surface area (Å²) in [6, 6.07) is 2.17. The van der Waals surface area contributed by atoms with E-state index in [2.05, 4.69) is 0 Å². The molecule has 2 atom stereocenters. The number of hydrogen-bond acceptors (Lipinski definition) is 4. The fourth-order valence-corrected chi connectivity index (χ4v) is 5.85. The molecule has 1 N–H and O–H groups in total. The first-order valence-electron chi connectivity index (χ1n) is 7.45. The third-order valence-corrected chi connectivity index (χ3v) is 7.28. The van der Waals surface area contributed by atoms with Crippen LogP contribution in [0.4, 0.5) is 4.39 Å². The molecule has 1 aromatic rings. The zero-order valence-electron chi connectivity index (χ0n) is 13.3. The van der Waals surface area contributed by atoms with E-state index in [0.29, 0.717) is 13.1 Å². The predicted octanol–water partition coefficient (Wildman–Crippen LogP) is 1.42. The van der Waals surface area contributed by atoms with Crippen LogP contribution in [0.3, 0.4) is 0 Å². The van der Waals surface area contributed by atoms with Gasteiger partial charge < -0.3 is 10.0 Å². The van der Waals surface area contributed by atoms with Gasteiger partial charge in [0.15, 0.2) is 0 Å². The second-order valence-corrected chi connectivity index (χ2v) is 9.00. The van der Waals surface area contributed by atoms with E-state index in [0.717, 1.165) is 10.4 Å². The minimum Gasteiger partial charge on any atom is -0.481 e. The van der Waals surface area contributed by atoms with Gasteiger partial charge in [-0.15, -0.1) is 0 Å². The number of nitrogens with zero attached hydrogens (tertiary/aromatic N) is 2. The van der Waals surface area contributed by atoms with Gasteiger partial charge in [0.2, 0.25) is 10.0 Å². The van der Waals surface area contributed by atoms with Gasteiger partial charge in [-0.1, -0.05) is 11.6 Å². The molecule has 132 valence electrons. The first kappa shape index (κ1) is 17.6. The Balaban J connectivity index is 1.99. The van der Waals surface area contributed by atoms with Crippen molar-refractivity contribution in [3.05, 3.63) is 28.5 Å². The van der Waals surface area contributed by atoms with Gasteiger partial charge in [0.1, 0.15) is 10.7 Å². The van der Waals surface area contributed by atoms with Crippen molar-refractivity contribution in [1.29, 1.82) is 0 Å². The average molecular weight is 377 g/mol. The van der Waals surface area contributed by atoms with E-state index < -0.39 is 27.2 Å². The van der Waals surface area contributed by atoms with Crippen LogP contribution in [0.15, 0.2) is 17.0 Å². The molecule has 0 unspecified atom stereocenters. The summed E-state index contributed by atoms with van der Waals surface area (Å²) in [5.41, 5.74) is -0.936. The normalized spacial score (nSPS) is 28.2. The molecule has 0 bridgehead atoms. The lowest BCUT2D eigenvalue weighted by Crippen LogP contribution is -2.41. The molecule has 24 heavy (non-hydrogen) atoms. The van der Waals surface area contributed by atoms with Crippen LogP contribution >= 0.6 is 11.6 Å². The Morgan fingerprint density at radius 2 is 2.04 bits per heavy atom. The summed E-state index contributed by atoms with van der Waals surface area (Å²) in [6.07, 6.45) is 0. The molecule has 0 radical (unpaired) electrons. The summed E-state index contributed by atoms with van der Waals surface area (Å²) in [5, 5.41) is 9.46. The number of rotatable bonds is 3. The average Bonchev–Trinajstić information content (AvgIpc) is 2.96. The molecule has 0 amide bonds. The first-order chi connectivity index (χ1) is 11.1. The van der Waals surface area contributed by atoms with Crippen LogP contribution in [0.5, 0.6) is 0 Å². The van der Waals surface area contributed by atoms with Crippen LogP contribution in [-0.2, 0) is 14.8 Å². The summed E-state index contributed by atoms with van der Waals surface area (Å²) in [4.78, 5) is 13.5. The van der Waals surface area contributed by atoms with Gasteiger partial charge in [-0.05, 0) is 31.7 Å². The molecular formula is C15H18ClFN2O4S. The molecule has 0 saturated carbocycles. The largest absolute Gasteiger partial charge is 0.481 e. The Bertz CT molecular complexity index is 816. The van der Waals surface area contributed by atoms with E-state index in [1.807, 2.05) is 11.9 Å². The van der Waals surface area contributed by atoms with Crippen molar-refractivity contribution in [2.75, 3.05) is 33.2 Å². The lowest BCUT2D eigenvalue weighted by Gasteiger charge is -2.24. The monoisotopic (exact) mass is 376 g/mol. The third-order valence-electron chi connectivity index (χ3n) is 5.01. The van der Waals surface area contributed by atoms with Crippen LogP contribution in [-0.4, -0.2) is 61.9 Å². The Labute approximate surface area is 144 Å². The number of halogens is 2. The standard InChI is InChI=1S/C15H18ClFN2O4S/c1-9-3-13(11(16)4-12(9)17)24(22,23)19-6-10-5-18(2)7-15(10,8-19)14(20)21/h3-4,10H,5-8H2,1-2H3,(H,20,21)/t10-,15-/m0/s1. The SMILES string of the molecule is Cc1cc(S(=O)(=O)N2C[C@@H]3CN(C)C[C@]3(C(=O)O)C2)c(Cl)cc1F. The van der Waals surface area contributed by atoms with Gasteiger partial charge in [-0.3, -0.25) is 4.79 Å². The Morgan fingerprint density at radius 1 is 1.38 bits per heavy atom. The van der Waals surface area contributed by atoms with E-state index >= 15 is 0 Å². The number of aryl methyl sites for hydroxylation is 1. The third kappa shape index (κ3) is 2.52. The number of aliphatic carboxylic acids is 1. The van der Waals surface area contributed by atoms with E-state index in [1.165, 1.54) is 13.0 Å². The maximum atomic E-state index is 13.5. The second-order valence-electron chi connectivity index (χ2n) is 6.68. The molecule has 2 fully saturated rings. The Hall–Kier alpha value is -1.22. The Morgan fingerprint density at radius 3 is 2.62 bits per heavy atom. The van der Waals surface area contributed by atoms with Crippen LogP contribution in [0.25, 0.3) is 0 Å². The molecule has 1 aromatic carbocycles. The van der Waals surface area contributed by atoms with Crippen LogP contribution in [0.2, 0.25) is 5.02 Å². The highest BCUT2D eigenvalue weighted by atomic mass is 35.5. The topological polar surface area (TPSA) is 77.9 Å². The highest BCUT2D eigenvalue weighted by Crippen LogP contribution is 2.44. The molecule has 2 aliphatic rings. The van der Waals surface area contributed by atoms with Crippen molar-refractivity contribution in [2.24, 2.45) is 11.3 Å². The summed E-state index contributed by atoms with van der Waals surface area (Å²) in [7, 11) is -2.17. The maximum Gasteiger partial charge on any atom is 0.312 e. The summed E-state index contributed by atoms with van der Waals surface area (Å²) >= 11 is 5.94. The van der Waals surface area contributed by atoms with Gasteiger partial charge in [-0.25, -0.2) is 12.8 Å². The van der Waals surface area contributed by atoms with Crippen molar-refractivity contribution < 1.29 is 22.7 Å². The van der Waals surface area contributed by atoms with Gasteiger partial charge in [0.25, 0.3) is 0 Å². The summed E-state index contributed by atoms with van der Waals surface area (Å²) < 4.78 is 40.5. The fraction of sp³-hybridized carbons (Fsp3) is 0.533. The van der Waals surface area contributed by atoms with Gasteiger partial charge >= 0.3 is 5.97 Å².